The Hall–Kier alpha value is -2.70. The molecule has 0 saturated heterocycles. The predicted molar refractivity (Wildman–Crippen MR) is 79.8 cm³/mol. The molecule has 0 heterocycles. The first kappa shape index (κ1) is 15.2. The Labute approximate surface area is 131 Å². The molecule has 1 aliphatic carbocycles. The number of fused-ring (bicyclic) bond motifs is 2. The number of ketones is 2. The Balaban J connectivity index is 2.22. The fraction of sp³-hybridized carbons (Fsp3) is 0.176. The lowest BCUT2D eigenvalue weighted by Gasteiger charge is -2.21. The molecule has 0 radical (unpaired) electrons. The maximum Gasteiger partial charge on any atom is 0.198 e. The molecule has 1 unspecified atom stereocenters. The summed E-state index contributed by atoms with van der Waals surface area (Å²) < 4.78 is 4.71. The van der Waals surface area contributed by atoms with Gasteiger partial charge in [-0.15, -0.1) is 0 Å². The van der Waals surface area contributed by atoms with Gasteiger partial charge < -0.3 is 20.1 Å². The zero-order valence-corrected chi connectivity index (χ0v) is 12.2. The third-order valence-electron chi connectivity index (χ3n) is 3.90. The van der Waals surface area contributed by atoms with E-state index >= 15 is 0 Å². The van der Waals surface area contributed by atoms with Gasteiger partial charge in [-0.05, 0) is 6.07 Å². The number of hydrogen-bond donors (Lipinski definition) is 3. The van der Waals surface area contributed by atoms with Crippen molar-refractivity contribution in [2.24, 2.45) is 0 Å². The second-order valence-electron chi connectivity index (χ2n) is 5.25. The maximum absolute atomic E-state index is 12.6. The summed E-state index contributed by atoms with van der Waals surface area (Å²) in [5.74, 6) is -1.91. The van der Waals surface area contributed by atoms with E-state index in [4.69, 9.17) is 4.74 Å². The first-order valence-electron chi connectivity index (χ1n) is 6.92. The second-order valence-corrected chi connectivity index (χ2v) is 5.25. The third-order valence-corrected chi connectivity index (χ3v) is 3.90. The predicted octanol–water partition coefficient (Wildman–Crippen LogP) is 1.38. The van der Waals surface area contributed by atoms with Crippen molar-refractivity contribution >= 4 is 11.6 Å². The Bertz CT molecular complexity index is 824. The molecule has 6 nitrogen and oxygen atoms in total. The summed E-state index contributed by atoms with van der Waals surface area (Å²) in [5, 5.41) is 30.1. The molecule has 0 bridgehead atoms. The van der Waals surface area contributed by atoms with Gasteiger partial charge in [-0.25, -0.2) is 0 Å². The van der Waals surface area contributed by atoms with Crippen molar-refractivity contribution in [3.05, 3.63) is 58.1 Å². The standard InChI is InChI=1S/C17H14O6/c1-23-12(19)7-8-6-11(18)13-14(15(8)20)17(22)10-5-3-2-4-9(10)16(13)21/h2-6,12,18-20H,7H2,1H3. The van der Waals surface area contributed by atoms with E-state index in [2.05, 4.69) is 0 Å². The number of phenolic OH excluding ortho intramolecular Hbond substituents is 2. The van der Waals surface area contributed by atoms with Crippen LogP contribution in [0.15, 0.2) is 30.3 Å². The summed E-state index contributed by atoms with van der Waals surface area (Å²) in [6.07, 6.45) is -1.34. The molecule has 23 heavy (non-hydrogen) atoms. The van der Waals surface area contributed by atoms with Crippen LogP contribution in [0.4, 0.5) is 0 Å². The summed E-state index contributed by atoms with van der Waals surface area (Å²) >= 11 is 0. The minimum absolute atomic E-state index is 0.121. The van der Waals surface area contributed by atoms with E-state index in [0.717, 1.165) is 6.07 Å². The van der Waals surface area contributed by atoms with Crippen molar-refractivity contribution in [3.63, 3.8) is 0 Å². The minimum Gasteiger partial charge on any atom is -0.507 e. The monoisotopic (exact) mass is 314 g/mol. The Kier molecular flexibility index (Phi) is 3.63. The van der Waals surface area contributed by atoms with Crippen molar-refractivity contribution in [1.29, 1.82) is 0 Å². The number of rotatable bonds is 3. The van der Waals surface area contributed by atoms with Crippen LogP contribution >= 0.6 is 0 Å². The lowest BCUT2D eigenvalue weighted by Crippen LogP contribution is -2.22. The van der Waals surface area contributed by atoms with Gasteiger partial charge in [0.15, 0.2) is 17.9 Å². The topological polar surface area (TPSA) is 104 Å². The number of aliphatic hydroxyl groups is 1. The number of carbonyl (C=O) groups excluding carboxylic acids is 2. The number of aliphatic hydroxyl groups excluding tert-OH is 1. The van der Waals surface area contributed by atoms with Crippen molar-refractivity contribution in [2.45, 2.75) is 12.7 Å². The van der Waals surface area contributed by atoms with E-state index in [-0.39, 0.29) is 34.2 Å². The largest absolute Gasteiger partial charge is 0.507 e. The van der Waals surface area contributed by atoms with E-state index in [1.165, 1.54) is 19.2 Å². The number of phenols is 2. The van der Waals surface area contributed by atoms with Crippen LogP contribution in [0.3, 0.4) is 0 Å². The van der Waals surface area contributed by atoms with E-state index in [9.17, 15) is 24.9 Å². The average Bonchev–Trinajstić information content (AvgIpc) is 2.55. The molecule has 118 valence electrons. The van der Waals surface area contributed by atoms with Crippen molar-refractivity contribution in [3.8, 4) is 11.5 Å². The molecule has 0 fully saturated rings. The van der Waals surface area contributed by atoms with Gasteiger partial charge in [0.05, 0.1) is 11.1 Å². The van der Waals surface area contributed by atoms with Crippen LogP contribution in [0.2, 0.25) is 0 Å². The number of ether oxygens (including phenoxy) is 1. The molecular formula is C17H14O6. The van der Waals surface area contributed by atoms with Crippen LogP contribution in [-0.4, -0.2) is 40.3 Å². The minimum atomic E-state index is -1.21. The molecule has 3 rings (SSSR count). The molecule has 0 saturated carbocycles. The molecule has 0 aromatic heterocycles. The molecule has 1 atom stereocenters. The van der Waals surface area contributed by atoms with Gasteiger partial charge in [0, 0.05) is 30.2 Å². The molecule has 2 aromatic rings. The quantitative estimate of drug-likeness (QED) is 0.498. The highest BCUT2D eigenvalue weighted by atomic mass is 16.6. The maximum atomic E-state index is 12.6. The van der Waals surface area contributed by atoms with Gasteiger partial charge >= 0.3 is 0 Å². The molecule has 0 aliphatic heterocycles. The normalized spacial score (nSPS) is 14.3. The van der Waals surface area contributed by atoms with Crippen LogP contribution in [0, 0.1) is 0 Å². The van der Waals surface area contributed by atoms with Gasteiger partial charge in [-0.3, -0.25) is 9.59 Å². The molecule has 6 heteroatoms. The van der Waals surface area contributed by atoms with E-state index in [1.807, 2.05) is 0 Å². The van der Waals surface area contributed by atoms with E-state index in [1.54, 1.807) is 12.1 Å². The van der Waals surface area contributed by atoms with Gasteiger partial charge in [0.1, 0.15) is 11.5 Å². The zero-order chi connectivity index (χ0) is 16.7. The van der Waals surface area contributed by atoms with E-state index < -0.39 is 29.4 Å². The lowest BCUT2D eigenvalue weighted by atomic mass is 9.82. The average molecular weight is 314 g/mol. The summed E-state index contributed by atoms with van der Waals surface area (Å²) in [4.78, 5) is 25.1. The van der Waals surface area contributed by atoms with Crippen LogP contribution in [-0.2, 0) is 11.2 Å². The molecule has 2 aromatic carbocycles. The number of benzene rings is 2. The first-order valence-corrected chi connectivity index (χ1v) is 6.92. The van der Waals surface area contributed by atoms with Crippen molar-refractivity contribution in [2.75, 3.05) is 7.11 Å². The van der Waals surface area contributed by atoms with E-state index in [0.29, 0.717) is 0 Å². The fourth-order valence-electron chi connectivity index (χ4n) is 2.74. The van der Waals surface area contributed by atoms with Crippen LogP contribution in [0.25, 0.3) is 0 Å². The molecule has 3 N–H and O–H groups in total. The first-order chi connectivity index (χ1) is 11.0. The number of carbonyl (C=O) groups is 2. The van der Waals surface area contributed by atoms with Crippen LogP contribution in [0.5, 0.6) is 11.5 Å². The molecule has 1 aliphatic rings. The highest BCUT2D eigenvalue weighted by Crippen LogP contribution is 2.40. The number of aromatic hydroxyl groups is 2. The zero-order valence-electron chi connectivity index (χ0n) is 12.2. The Morgan fingerprint density at radius 1 is 1.04 bits per heavy atom. The fourth-order valence-corrected chi connectivity index (χ4v) is 2.74. The highest BCUT2D eigenvalue weighted by molar-refractivity contribution is 6.30. The second kappa shape index (κ2) is 5.49. The summed E-state index contributed by atoms with van der Waals surface area (Å²) in [6.45, 7) is 0. The van der Waals surface area contributed by atoms with Gasteiger partial charge in [-0.2, -0.15) is 0 Å². The third kappa shape index (κ3) is 2.28. The lowest BCUT2D eigenvalue weighted by molar-refractivity contribution is -0.0723. The smallest absolute Gasteiger partial charge is 0.198 e. The van der Waals surface area contributed by atoms with Crippen LogP contribution in [0.1, 0.15) is 37.4 Å². The Morgan fingerprint density at radius 2 is 1.61 bits per heavy atom. The number of methoxy groups -OCH3 is 1. The molecule has 0 amide bonds. The Morgan fingerprint density at radius 3 is 2.17 bits per heavy atom. The SMILES string of the molecule is COC(O)Cc1cc(O)c2c(c1O)C(=O)c1ccccc1C2=O. The van der Waals surface area contributed by atoms with Crippen molar-refractivity contribution < 1.29 is 29.6 Å². The summed E-state index contributed by atoms with van der Waals surface area (Å²) in [5.41, 5.74) is 0.0125. The van der Waals surface area contributed by atoms with Gasteiger partial charge in [-0.1, -0.05) is 24.3 Å². The molecule has 0 spiro atoms. The number of hydrogen-bond acceptors (Lipinski definition) is 6. The highest BCUT2D eigenvalue weighted by Gasteiger charge is 2.35. The van der Waals surface area contributed by atoms with Gasteiger partial charge in [0.2, 0.25) is 0 Å². The summed E-state index contributed by atoms with van der Waals surface area (Å²) in [6, 6.07) is 7.39. The molecular weight excluding hydrogens is 300 g/mol. The van der Waals surface area contributed by atoms with Crippen molar-refractivity contribution in [1.82, 2.24) is 0 Å². The van der Waals surface area contributed by atoms with Crippen LogP contribution < -0.4 is 0 Å². The summed E-state index contributed by atoms with van der Waals surface area (Å²) in [7, 11) is 1.28. The van der Waals surface area contributed by atoms with Gasteiger partial charge in [0.25, 0.3) is 0 Å².